The fourth-order valence-corrected chi connectivity index (χ4v) is 3.10. The van der Waals surface area contributed by atoms with Gasteiger partial charge >= 0.3 is 0 Å². The molecule has 1 amide bonds. The van der Waals surface area contributed by atoms with Gasteiger partial charge in [-0.25, -0.2) is 0 Å². The van der Waals surface area contributed by atoms with E-state index >= 15 is 0 Å². The van der Waals surface area contributed by atoms with Crippen LogP contribution < -0.4 is 0 Å². The molecule has 2 atom stereocenters. The molecule has 1 heterocycles. The lowest BCUT2D eigenvalue weighted by atomic mass is 9.91. The molecule has 4 heteroatoms. The van der Waals surface area contributed by atoms with E-state index in [-0.39, 0.29) is 12.0 Å². The Morgan fingerprint density at radius 3 is 2.53 bits per heavy atom. The molecule has 98 valence electrons. The molecule has 1 N–H and O–H groups in total. The first-order valence-corrected chi connectivity index (χ1v) is 6.86. The molecule has 4 nitrogen and oxygen atoms in total. The molecule has 0 aromatic rings. The van der Waals surface area contributed by atoms with Gasteiger partial charge in [-0.1, -0.05) is 12.8 Å². The van der Waals surface area contributed by atoms with Crippen molar-refractivity contribution in [3.8, 4) is 0 Å². The maximum absolute atomic E-state index is 11.4. The highest BCUT2D eigenvalue weighted by molar-refractivity contribution is 5.73. The van der Waals surface area contributed by atoms with Crippen molar-refractivity contribution in [3.63, 3.8) is 0 Å². The average molecular weight is 240 g/mol. The van der Waals surface area contributed by atoms with Gasteiger partial charge < -0.3 is 10.0 Å². The Balaban J connectivity index is 1.91. The van der Waals surface area contributed by atoms with Crippen LogP contribution in [0, 0.1) is 0 Å². The lowest BCUT2D eigenvalue weighted by molar-refractivity contribution is -0.128. The zero-order chi connectivity index (χ0) is 12.3. The van der Waals surface area contributed by atoms with Crippen LogP contribution in [0.25, 0.3) is 0 Å². The van der Waals surface area contributed by atoms with Gasteiger partial charge in [0, 0.05) is 39.1 Å². The first kappa shape index (κ1) is 12.8. The van der Waals surface area contributed by atoms with Gasteiger partial charge in [-0.2, -0.15) is 0 Å². The molecule has 1 saturated heterocycles. The number of hydrogen-bond acceptors (Lipinski definition) is 3. The van der Waals surface area contributed by atoms with Gasteiger partial charge in [0.2, 0.25) is 5.91 Å². The van der Waals surface area contributed by atoms with Crippen LogP contribution in [0.4, 0.5) is 0 Å². The summed E-state index contributed by atoms with van der Waals surface area (Å²) in [7, 11) is 0. The number of nitrogens with zero attached hydrogens (tertiary/aromatic N) is 2. The van der Waals surface area contributed by atoms with Gasteiger partial charge in [0.25, 0.3) is 0 Å². The van der Waals surface area contributed by atoms with Gasteiger partial charge in [-0.3, -0.25) is 9.69 Å². The number of amides is 1. The van der Waals surface area contributed by atoms with Crippen LogP contribution in [0.3, 0.4) is 0 Å². The monoisotopic (exact) mass is 240 g/mol. The highest BCUT2D eigenvalue weighted by Gasteiger charge is 2.29. The van der Waals surface area contributed by atoms with Crippen molar-refractivity contribution < 1.29 is 9.90 Å². The molecule has 0 bridgehead atoms. The van der Waals surface area contributed by atoms with E-state index in [0.29, 0.717) is 6.04 Å². The van der Waals surface area contributed by atoms with Crippen LogP contribution in [-0.2, 0) is 4.79 Å². The third kappa shape index (κ3) is 3.19. The molecule has 1 aliphatic carbocycles. The molecule has 0 radical (unpaired) electrons. The quantitative estimate of drug-likeness (QED) is 0.739. The first-order valence-electron chi connectivity index (χ1n) is 6.86. The van der Waals surface area contributed by atoms with Gasteiger partial charge in [0.15, 0.2) is 0 Å². The second-order valence-corrected chi connectivity index (χ2v) is 5.31. The van der Waals surface area contributed by atoms with Crippen LogP contribution in [0.5, 0.6) is 0 Å². The number of carbonyl (C=O) groups is 1. The summed E-state index contributed by atoms with van der Waals surface area (Å²) >= 11 is 0. The summed E-state index contributed by atoms with van der Waals surface area (Å²) in [5, 5.41) is 10.1. The number of hydrogen-bond donors (Lipinski definition) is 1. The Kier molecular flexibility index (Phi) is 4.40. The number of aliphatic hydroxyl groups excluding tert-OH is 1. The SMILES string of the molecule is CC(=O)N1CCCN([C@H]2CCCC[C@@H]2O)CC1. The molecule has 0 aromatic carbocycles. The second kappa shape index (κ2) is 5.83. The normalized spacial score (nSPS) is 32.2. The second-order valence-electron chi connectivity index (χ2n) is 5.31. The summed E-state index contributed by atoms with van der Waals surface area (Å²) in [4.78, 5) is 15.7. The fraction of sp³-hybridized carbons (Fsp3) is 0.923. The molecule has 2 aliphatic rings. The van der Waals surface area contributed by atoms with Crippen molar-refractivity contribution >= 4 is 5.91 Å². The largest absolute Gasteiger partial charge is 0.391 e. The molecule has 17 heavy (non-hydrogen) atoms. The molecule has 2 rings (SSSR count). The molecule has 2 fully saturated rings. The van der Waals surface area contributed by atoms with E-state index in [4.69, 9.17) is 0 Å². The molecule has 0 spiro atoms. The third-order valence-electron chi connectivity index (χ3n) is 4.14. The summed E-state index contributed by atoms with van der Waals surface area (Å²) in [6, 6.07) is 0.329. The van der Waals surface area contributed by atoms with Gasteiger partial charge in [-0.05, 0) is 19.3 Å². The van der Waals surface area contributed by atoms with Crippen LogP contribution in [0.15, 0.2) is 0 Å². The van der Waals surface area contributed by atoms with E-state index in [2.05, 4.69) is 4.90 Å². The topological polar surface area (TPSA) is 43.8 Å². The van der Waals surface area contributed by atoms with E-state index in [1.807, 2.05) is 4.90 Å². The zero-order valence-electron chi connectivity index (χ0n) is 10.8. The van der Waals surface area contributed by atoms with Gasteiger partial charge in [0.05, 0.1) is 6.10 Å². The van der Waals surface area contributed by atoms with E-state index in [0.717, 1.165) is 51.9 Å². The van der Waals surface area contributed by atoms with Crippen molar-refractivity contribution in [1.29, 1.82) is 0 Å². The predicted molar refractivity (Wildman–Crippen MR) is 66.7 cm³/mol. The Morgan fingerprint density at radius 1 is 1.06 bits per heavy atom. The smallest absolute Gasteiger partial charge is 0.219 e. The number of aliphatic hydroxyl groups is 1. The minimum Gasteiger partial charge on any atom is -0.391 e. The van der Waals surface area contributed by atoms with Crippen molar-refractivity contribution in [2.45, 2.75) is 51.2 Å². The lowest BCUT2D eigenvalue weighted by Crippen LogP contribution is -2.47. The standard InChI is InChI=1S/C13H24N2O2/c1-11(16)14-7-4-8-15(10-9-14)12-5-2-3-6-13(12)17/h12-13,17H,2-10H2,1H3/t12-,13-/m0/s1. The van der Waals surface area contributed by atoms with Gasteiger partial charge in [0.1, 0.15) is 0 Å². The Labute approximate surface area is 104 Å². The van der Waals surface area contributed by atoms with E-state index < -0.39 is 0 Å². The minimum absolute atomic E-state index is 0.160. The van der Waals surface area contributed by atoms with Crippen molar-refractivity contribution in [2.24, 2.45) is 0 Å². The summed E-state index contributed by atoms with van der Waals surface area (Å²) in [5.41, 5.74) is 0. The molecular weight excluding hydrogens is 216 g/mol. The van der Waals surface area contributed by atoms with E-state index in [1.54, 1.807) is 6.92 Å². The lowest BCUT2D eigenvalue weighted by Gasteiger charge is -2.37. The van der Waals surface area contributed by atoms with Crippen LogP contribution in [-0.4, -0.2) is 59.1 Å². The third-order valence-corrected chi connectivity index (χ3v) is 4.14. The van der Waals surface area contributed by atoms with Crippen molar-refractivity contribution in [3.05, 3.63) is 0 Å². The summed E-state index contributed by atoms with van der Waals surface area (Å²) in [5.74, 6) is 0.177. The van der Waals surface area contributed by atoms with Crippen molar-refractivity contribution in [1.82, 2.24) is 9.80 Å². The maximum Gasteiger partial charge on any atom is 0.219 e. The Hall–Kier alpha value is -0.610. The maximum atomic E-state index is 11.4. The Morgan fingerprint density at radius 2 is 1.82 bits per heavy atom. The first-order chi connectivity index (χ1) is 8.18. The van der Waals surface area contributed by atoms with E-state index in [1.165, 1.54) is 6.42 Å². The van der Waals surface area contributed by atoms with Crippen LogP contribution in [0.1, 0.15) is 39.0 Å². The number of carbonyl (C=O) groups excluding carboxylic acids is 1. The highest BCUT2D eigenvalue weighted by Crippen LogP contribution is 2.24. The molecule has 0 unspecified atom stereocenters. The molecular formula is C13H24N2O2. The Bertz CT molecular complexity index is 270. The van der Waals surface area contributed by atoms with Crippen molar-refractivity contribution in [2.75, 3.05) is 26.2 Å². The molecule has 0 aromatic heterocycles. The molecule has 1 saturated carbocycles. The highest BCUT2D eigenvalue weighted by atomic mass is 16.3. The number of rotatable bonds is 1. The average Bonchev–Trinajstić information content (AvgIpc) is 2.55. The van der Waals surface area contributed by atoms with Crippen LogP contribution >= 0.6 is 0 Å². The fourth-order valence-electron chi connectivity index (χ4n) is 3.10. The summed E-state index contributed by atoms with van der Waals surface area (Å²) in [6.45, 7) is 5.27. The summed E-state index contributed by atoms with van der Waals surface area (Å²) < 4.78 is 0. The van der Waals surface area contributed by atoms with E-state index in [9.17, 15) is 9.90 Å². The predicted octanol–water partition coefficient (Wildman–Crippen LogP) is 0.844. The van der Waals surface area contributed by atoms with Crippen LogP contribution in [0.2, 0.25) is 0 Å². The molecule has 1 aliphatic heterocycles. The zero-order valence-corrected chi connectivity index (χ0v) is 10.8. The summed E-state index contributed by atoms with van der Waals surface area (Å²) in [6.07, 6.45) is 5.31. The minimum atomic E-state index is -0.160. The van der Waals surface area contributed by atoms with Gasteiger partial charge in [-0.15, -0.1) is 0 Å².